The van der Waals surface area contributed by atoms with Crippen LogP contribution in [0, 0.1) is 6.92 Å². The summed E-state index contributed by atoms with van der Waals surface area (Å²) in [5.74, 6) is -1.50. The number of carbonyl (C=O) groups excluding carboxylic acids is 2. The number of hydrogen-bond donors (Lipinski definition) is 1. The van der Waals surface area contributed by atoms with Gasteiger partial charge in [0.05, 0.1) is 17.4 Å². The number of ketones is 1. The quantitative estimate of drug-likeness (QED) is 0.336. The highest BCUT2D eigenvalue weighted by Gasteiger charge is 2.46. The Morgan fingerprint density at radius 2 is 1.90 bits per heavy atom. The molecule has 1 N–H and O–H groups in total. The van der Waals surface area contributed by atoms with E-state index in [1.807, 2.05) is 32.9 Å². The van der Waals surface area contributed by atoms with Gasteiger partial charge in [-0.1, -0.05) is 35.9 Å². The summed E-state index contributed by atoms with van der Waals surface area (Å²) < 4.78 is 5.56. The lowest BCUT2D eigenvalue weighted by atomic mass is 9.98. The molecule has 2 aromatic rings. The number of aromatic nitrogens is 1. The summed E-state index contributed by atoms with van der Waals surface area (Å²) in [5, 5.41) is 10.9. The van der Waals surface area contributed by atoms with Crippen molar-refractivity contribution in [1.29, 1.82) is 0 Å². The van der Waals surface area contributed by atoms with E-state index in [4.69, 9.17) is 4.74 Å². The maximum Gasteiger partial charge on any atom is 0.295 e. The monoisotopic (exact) mass is 394 g/mol. The van der Waals surface area contributed by atoms with Crippen LogP contribution < -0.4 is 0 Å². The molecule has 1 unspecified atom stereocenters. The van der Waals surface area contributed by atoms with Gasteiger partial charge in [0.25, 0.3) is 11.7 Å². The first kappa shape index (κ1) is 20.7. The van der Waals surface area contributed by atoms with Crippen molar-refractivity contribution in [2.45, 2.75) is 39.3 Å². The first-order valence-corrected chi connectivity index (χ1v) is 9.78. The number of nitrogens with zero attached hydrogens (tertiary/aromatic N) is 2. The average molecular weight is 394 g/mol. The summed E-state index contributed by atoms with van der Waals surface area (Å²) in [6.45, 7) is 6.65. The minimum absolute atomic E-state index is 0.0716. The molecule has 6 nitrogen and oxygen atoms in total. The fraction of sp³-hybridized carbons (Fsp3) is 0.348. The van der Waals surface area contributed by atoms with E-state index < -0.39 is 17.7 Å². The summed E-state index contributed by atoms with van der Waals surface area (Å²) in [7, 11) is 0. The number of benzene rings is 1. The Labute approximate surface area is 170 Å². The van der Waals surface area contributed by atoms with Gasteiger partial charge in [0.15, 0.2) is 0 Å². The molecule has 29 heavy (non-hydrogen) atoms. The van der Waals surface area contributed by atoms with E-state index in [0.717, 1.165) is 5.56 Å². The zero-order chi connectivity index (χ0) is 21.0. The molecule has 0 bridgehead atoms. The van der Waals surface area contributed by atoms with Gasteiger partial charge < -0.3 is 14.7 Å². The number of aliphatic hydroxyl groups excluding tert-OH is 1. The molecule has 1 aromatic heterocycles. The van der Waals surface area contributed by atoms with Crippen LogP contribution in [0.5, 0.6) is 0 Å². The predicted octanol–water partition coefficient (Wildman–Crippen LogP) is 3.63. The van der Waals surface area contributed by atoms with Crippen LogP contribution in [0.4, 0.5) is 0 Å². The molecule has 1 saturated heterocycles. The Morgan fingerprint density at radius 3 is 2.52 bits per heavy atom. The number of aryl methyl sites for hydroxylation is 1. The third-order valence-electron chi connectivity index (χ3n) is 4.83. The number of aliphatic hydroxyl groups is 1. The van der Waals surface area contributed by atoms with Gasteiger partial charge in [0.1, 0.15) is 11.8 Å². The van der Waals surface area contributed by atoms with E-state index in [1.54, 1.807) is 36.5 Å². The lowest BCUT2D eigenvalue weighted by molar-refractivity contribution is -0.140. The second-order valence-corrected chi connectivity index (χ2v) is 7.39. The fourth-order valence-electron chi connectivity index (χ4n) is 3.38. The Hall–Kier alpha value is -2.99. The van der Waals surface area contributed by atoms with Crippen LogP contribution in [0.25, 0.3) is 5.76 Å². The highest BCUT2D eigenvalue weighted by molar-refractivity contribution is 6.46. The Bertz CT molecular complexity index is 904. The van der Waals surface area contributed by atoms with Gasteiger partial charge in [-0.05, 0) is 39.3 Å². The normalized spacial score (nSPS) is 18.6. The summed E-state index contributed by atoms with van der Waals surface area (Å²) >= 11 is 0. The van der Waals surface area contributed by atoms with Gasteiger partial charge in [0, 0.05) is 24.9 Å². The third kappa shape index (κ3) is 4.54. The summed E-state index contributed by atoms with van der Waals surface area (Å²) in [6, 6.07) is 11.8. The molecule has 1 aromatic carbocycles. The lowest BCUT2D eigenvalue weighted by Gasteiger charge is -2.24. The van der Waals surface area contributed by atoms with Crippen molar-refractivity contribution in [3.8, 4) is 0 Å². The number of carbonyl (C=O) groups is 2. The summed E-state index contributed by atoms with van der Waals surface area (Å²) in [5.41, 5.74) is 2.15. The molecule has 1 aliphatic rings. The van der Waals surface area contributed by atoms with E-state index in [1.165, 1.54) is 4.90 Å². The molecule has 0 radical (unpaired) electrons. The van der Waals surface area contributed by atoms with Crippen LogP contribution in [0.1, 0.15) is 43.1 Å². The molecule has 1 fully saturated rings. The minimum Gasteiger partial charge on any atom is -0.507 e. The Balaban J connectivity index is 1.99. The second-order valence-electron chi connectivity index (χ2n) is 7.39. The van der Waals surface area contributed by atoms with Crippen LogP contribution in [0.15, 0.2) is 54.2 Å². The van der Waals surface area contributed by atoms with E-state index >= 15 is 0 Å². The number of amides is 1. The van der Waals surface area contributed by atoms with Gasteiger partial charge in [-0.25, -0.2) is 0 Å². The molecule has 6 heteroatoms. The molecule has 2 heterocycles. The maximum absolute atomic E-state index is 12.9. The Morgan fingerprint density at radius 1 is 1.17 bits per heavy atom. The number of hydrogen-bond acceptors (Lipinski definition) is 5. The van der Waals surface area contributed by atoms with Crippen LogP contribution in [0.3, 0.4) is 0 Å². The van der Waals surface area contributed by atoms with Crippen LogP contribution in [0.2, 0.25) is 0 Å². The molecule has 1 amide bonds. The average Bonchev–Trinajstić information content (AvgIpc) is 2.96. The molecule has 0 spiro atoms. The van der Waals surface area contributed by atoms with Crippen molar-refractivity contribution in [1.82, 2.24) is 9.88 Å². The zero-order valence-corrected chi connectivity index (χ0v) is 17.0. The topological polar surface area (TPSA) is 79.7 Å². The molecule has 0 saturated carbocycles. The third-order valence-corrected chi connectivity index (χ3v) is 4.83. The van der Waals surface area contributed by atoms with Crippen molar-refractivity contribution in [3.63, 3.8) is 0 Å². The fourth-order valence-corrected chi connectivity index (χ4v) is 3.38. The van der Waals surface area contributed by atoms with E-state index in [2.05, 4.69) is 4.98 Å². The number of rotatable bonds is 7. The second kappa shape index (κ2) is 9.01. The molecule has 1 atom stereocenters. The zero-order valence-electron chi connectivity index (χ0n) is 17.0. The largest absolute Gasteiger partial charge is 0.507 e. The van der Waals surface area contributed by atoms with E-state index in [-0.39, 0.29) is 17.4 Å². The van der Waals surface area contributed by atoms with Crippen LogP contribution >= 0.6 is 0 Å². The highest BCUT2D eigenvalue weighted by atomic mass is 16.5. The molecule has 3 rings (SSSR count). The van der Waals surface area contributed by atoms with Crippen LogP contribution in [-0.4, -0.2) is 45.9 Å². The maximum atomic E-state index is 12.9. The number of Topliss-reactive ketones (excluding diaryl/α,β-unsaturated/α-hetero) is 1. The number of likely N-dealkylation sites (tertiary alicyclic amines) is 1. The van der Waals surface area contributed by atoms with Gasteiger partial charge in [-0.3, -0.25) is 14.6 Å². The smallest absolute Gasteiger partial charge is 0.295 e. The van der Waals surface area contributed by atoms with E-state index in [0.29, 0.717) is 30.8 Å². The van der Waals surface area contributed by atoms with Crippen molar-refractivity contribution < 1.29 is 19.4 Å². The van der Waals surface area contributed by atoms with Crippen molar-refractivity contribution >= 4 is 17.4 Å². The van der Waals surface area contributed by atoms with Gasteiger partial charge in [-0.2, -0.15) is 0 Å². The molecule has 1 aliphatic heterocycles. The van der Waals surface area contributed by atoms with E-state index in [9.17, 15) is 14.7 Å². The summed E-state index contributed by atoms with van der Waals surface area (Å²) in [6.07, 6.45) is 2.29. The molecule has 0 aliphatic carbocycles. The molecule has 152 valence electrons. The standard InChI is InChI=1S/C23H26N2O4/c1-15(2)29-14-6-13-25-20(18-7-4-5-12-24-18)19(22(27)23(25)28)21(26)17-10-8-16(3)9-11-17/h4-5,7-12,15,20,26H,6,13-14H2,1-3H3/b21-19-. The predicted molar refractivity (Wildman–Crippen MR) is 110 cm³/mol. The van der Waals surface area contributed by atoms with Crippen LogP contribution in [-0.2, 0) is 14.3 Å². The highest BCUT2D eigenvalue weighted by Crippen LogP contribution is 2.38. The Kier molecular flexibility index (Phi) is 6.44. The van der Waals surface area contributed by atoms with Crippen molar-refractivity contribution in [2.75, 3.05) is 13.2 Å². The first-order chi connectivity index (χ1) is 13.9. The molecular formula is C23H26N2O4. The first-order valence-electron chi connectivity index (χ1n) is 9.78. The van der Waals surface area contributed by atoms with Gasteiger partial charge in [-0.15, -0.1) is 0 Å². The minimum atomic E-state index is -0.725. The van der Waals surface area contributed by atoms with Gasteiger partial charge >= 0.3 is 0 Å². The van der Waals surface area contributed by atoms with Crippen molar-refractivity contribution in [2.24, 2.45) is 0 Å². The van der Waals surface area contributed by atoms with Gasteiger partial charge in [0.2, 0.25) is 0 Å². The SMILES string of the molecule is Cc1ccc(/C(O)=C2/C(=O)C(=O)N(CCCOC(C)C)C2c2ccccn2)cc1. The lowest BCUT2D eigenvalue weighted by Crippen LogP contribution is -2.31. The number of ether oxygens (including phenoxy) is 1. The molecular weight excluding hydrogens is 368 g/mol. The summed E-state index contributed by atoms with van der Waals surface area (Å²) in [4.78, 5) is 31.5. The number of pyridine rings is 1. The van der Waals surface area contributed by atoms with Crippen molar-refractivity contribution in [3.05, 3.63) is 71.1 Å².